The number of hydrogen-bond donors (Lipinski definition) is 1. The van der Waals surface area contributed by atoms with E-state index in [0.717, 1.165) is 24.3 Å². The quantitative estimate of drug-likeness (QED) is 0.790. The highest BCUT2D eigenvalue weighted by atomic mass is 16.5. The van der Waals surface area contributed by atoms with Gasteiger partial charge in [0.25, 0.3) is 0 Å². The number of hydrogen-bond acceptors (Lipinski definition) is 4. The molecular formula is C20H31NO3. The molecule has 1 saturated heterocycles. The van der Waals surface area contributed by atoms with Crippen LogP contribution in [0.2, 0.25) is 0 Å². The Balaban J connectivity index is 1.82. The van der Waals surface area contributed by atoms with Crippen molar-refractivity contribution < 1.29 is 14.6 Å². The molecule has 0 spiro atoms. The van der Waals surface area contributed by atoms with E-state index in [1.807, 2.05) is 7.05 Å². The van der Waals surface area contributed by atoms with Crippen LogP contribution in [0.5, 0.6) is 0 Å². The van der Waals surface area contributed by atoms with E-state index < -0.39 is 6.10 Å². The lowest BCUT2D eigenvalue weighted by atomic mass is 9.63. The number of ether oxygens (including phenoxy) is 1. The van der Waals surface area contributed by atoms with Crippen LogP contribution in [0.3, 0.4) is 0 Å². The van der Waals surface area contributed by atoms with Crippen LogP contribution in [-0.4, -0.2) is 48.3 Å². The maximum Gasteiger partial charge on any atom is 0.335 e. The van der Waals surface area contributed by atoms with Crippen molar-refractivity contribution in [3.05, 3.63) is 11.1 Å². The number of aliphatic hydroxyl groups excluding tert-OH is 1. The first-order chi connectivity index (χ1) is 11.2. The Morgan fingerprint density at radius 3 is 2.54 bits per heavy atom. The lowest BCUT2D eigenvalue weighted by Crippen LogP contribution is -2.46. The average molecular weight is 333 g/mol. The predicted molar refractivity (Wildman–Crippen MR) is 92.3 cm³/mol. The largest absolute Gasteiger partial charge is 0.466 e. The summed E-state index contributed by atoms with van der Waals surface area (Å²) in [5, 5.41) is 10.6. The number of aliphatic hydroxyl groups is 1. The van der Waals surface area contributed by atoms with Gasteiger partial charge in [0.2, 0.25) is 0 Å². The molecule has 24 heavy (non-hydrogen) atoms. The van der Waals surface area contributed by atoms with Gasteiger partial charge in [-0.1, -0.05) is 26.3 Å². The van der Waals surface area contributed by atoms with Crippen molar-refractivity contribution in [3.63, 3.8) is 0 Å². The Labute approximate surface area is 145 Å². The van der Waals surface area contributed by atoms with Crippen LogP contribution >= 0.6 is 0 Å². The molecule has 0 amide bonds. The molecule has 4 aliphatic rings. The maximum atomic E-state index is 12.7. The summed E-state index contributed by atoms with van der Waals surface area (Å²) < 4.78 is 5.16. The molecule has 2 saturated carbocycles. The second kappa shape index (κ2) is 5.07. The van der Waals surface area contributed by atoms with Gasteiger partial charge >= 0.3 is 5.97 Å². The van der Waals surface area contributed by atoms with Gasteiger partial charge in [0.05, 0.1) is 24.8 Å². The van der Waals surface area contributed by atoms with Crippen molar-refractivity contribution in [1.29, 1.82) is 0 Å². The Bertz CT molecular complexity index is 610. The number of likely N-dealkylation sites (N-methyl/N-ethyl adjacent to an activating group) is 1. The van der Waals surface area contributed by atoms with Crippen LogP contribution in [0.4, 0.5) is 0 Å². The summed E-state index contributed by atoms with van der Waals surface area (Å²) in [4.78, 5) is 14.9. The van der Waals surface area contributed by atoms with E-state index in [9.17, 15) is 9.90 Å². The van der Waals surface area contributed by atoms with Gasteiger partial charge in [-0.2, -0.15) is 0 Å². The van der Waals surface area contributed by atoms with Crippen molar-refractivity contribution in [1.82, 2.24) is 4.90 Å². The molecule has 0 radical (unpaired) electrons. The SMILES string of the molecule is COC(=O)C1=C(C2CC3CCC2(C)C3(C)C)CC2C[C@@H](O)[C@@H]1N2C. The van der Waals surface area contributed by atoms with Crippen molar-refractivity contribution in [3.8, 4) is 0 Å². The molecule has 2 aliphatic carbocycles. The smallest absolute Gasteiger partial charge is 0.335 e. The summed E-state index contributed by atoms with van der Waals surface area (Å²) >= 11 is 0. The number of esters is 1. The molecule has 4 bridgehead atoms. The summed E-state index contributed by atoms with van der Waals surface area (Å²) in [7, 11) is 3.50. The molecule has 0 aromatic rings. The summed E-state index contributed by atoms with van der Waals surface area (Å²) in [5.41, 5.74) is 2.67. The molecule has 4 nitrogen and oxygen atoms in total. The monoisotopic (exact) mass is 333 g/mol. The molecule has 2 aliphatic heterocycles. The lowest BCUT2D eigenvalue weighted by molar-refractivity contribution is -0.137. The van der Waals surface area contributed by atoms with Crippen molar-refractivity contribution in [2.45, 2.75) is 71.1 Å². The van der Waals surface area contributed by atoms with Crippen LogP contribution in [0.1, 0.15) is 52.9 Å². The highest BCUT2D eigenvalue weighted by molar-refractivity contribution is 5.91. The molecule has 4 rings (SSSR count). The minimum atomic E-state index is -0.453. The van der Waals surface area contributed by atoms with E-state index in [1.165, 1.54) is 31.9 Å². The molecular weight excluding hydrogens is 302 g/mol. The third-order valence-electron chi connectivity index (χ3n) is 8.61. The van der Waals surface area contributed by atoms with Crippen molar-refractivity contribution in [2.24, 2.45) is 22.7 Å². The van der Waals surface area contributed by atoms with Gasteiger partial charge in [-0.05, 0) is 61.8 Å². The second-order valence-electron chi connectivity index (χ2n) is 9.36. The lowest BCUT2D eigenvalue weighted by Gasteiger charge is -2.44. The van der Waals surface area contributed by atoms with Gasteiger partial charge in [-0.3, -0.25) is 4.90 Å². The van der Waals surface area contributed by atoms with E-state index >= 15 is 0 Å². The number of methoxy groups -OCH3 is 1. The van der Waals surface area contributed by atoms with E-state index in [-0.39, 0.29) is 17.4 Å². The van der Waals surface area contributed by atoms with E-state index in [1.54, 1.807) is 0 Å². The van der Waals surface area contributed by atoms with Crippen LogP contribution in [0.15, 0.2) is 11.1 Å². The first-order valence-corrected chi connectivity index (χ1v) is 9.43. The van der Waals surface area contributed by atoms with Crippen molar-refractivity contribution >= 4 is 5.97 Å². The summed E-state index contributed by atoms with van der Waals surface area (Å²) in [6.45, 7) is 7.27. The van der Waals surface area contributed by atoms with E-state index in [4.69, 9.17) is 4.74 Å². The standard InChI is InChI=1S/C20H31NO3/c1-19(2)11-6-7-20(19,3)14(8-11)13-9-12-10-15(22)17(21(12)4)16(13)18(23)24-5/h11-12,14-15,17,22H,6-10H2,1-5H3/t11?,12?,14?,15-,17+,20?/m1/s1. The van der Waals surface area contributed by atoms with Gasteiger partial charge in [-0.15, -0.1) is 0 Å². The van der Waals surface area contributed by atoms with E-state index in [2.05, 4.69) is 25.7 Å². The minimum absolute atomic E-state index is 0.183. The predicted octanol–water partition coefficient (Wildman–Crippen LogP) is 2.76. The molecule has 0 aromatic carbocycles. The maximum absolute atomic E-state index is 12.7. The summed E-state index contributed by atoms with van der Waals surface area (Å²) in [5.74, 6) is 0.982. The molecule has 6 atom stereocenters. The fourth-order valence-corrected chi connectivity index (χ4v) is 6.67. The third kappa shape index (κ3) is 1.84. The molecule has 0 aromatic heterocycles. The topological polar surface area (TPSA) is 49.8 Å². The Morgan fingerprint density at radius 2 is 2.00 bits per heavy atom. The zero-order valence-corrected chi connectivity index (χ0v) is 15.6. The molecule has 134 valence electrons. The second-order valence-corrected chi connectivity index (χ2v) is 9.36. The molecule has 4 heteroatoms. The third-order valence-corrected chi connectivity index (χ3v) is 8.61. The van der Waals surface area contributed by atoms with Crippen LogP contribution in [0, 0.1) is 22.7 Å². The van der Waals surface area contributed by atoms with Crippen LogP contribution in [-0.2, 0) is 9.53 Å². The molecule has 3 fully saturated rings. The fourth-order valence-electron chi connectivity index (χ4n) is 6.67. The van der Waals surface area contributed by atoms with Crippen LogP contribution in [0.25, 0.3) is 0 Å². The zero-order valence-electron chi connectivity index (χ0n) is 15.6. The van der Waals surface area contributed by atoms with Gasteiger partial charge < -0.3 is 9.84 Å². The fraction of sp³-hybridized carbons (Fsp3) is 0.850. The minimum Gasteiger partial charge on any atom is -0.466 e. The Morgan fingerprint density at radius 1 is 1.29 bits per heavy atom. The molecule has 4 unspecified atom stereocenters. The number of rotatable bonds is 2. The molecule has 2 heterocycles. The van der Waals surface area contributed by atoms with Gasteiger partial charge in [-0.25, -0.2) is 4.79 Å². The zero-order chi connectivity index (χ0) is 17.4. The normalized spacial score (nSPS) is 46.7. The van der Waals surface area contributed by atoms with Gasteiger partial charge in [0.1, 0.15) is 0 Å². The van der Waals surface area contributed by atoms with Gasteiger partial charge in [0, 0.05) is 6.04 Å². The number of fused-ring (bicyclic) bond motifs is 4. The number of nitrogens with zero attached hydrogens (tertiary/aromatic N) is 1. The summed E-state index contributed by atoms with van der Waals surface area (Å²) in [6.07, 6.45) is 4.99. The number of carbonyl (C=O) groups is 1. The van der Waals surface area contributed by atoms with E-state index in [0.29, 0.717) is 17.4 Å². The Kier molecular flexibility index (Phi) is 3.51. The first-order valence-electron chi connectivity index (χ1n) is 9.43. The van der Waals surface area contributed by atoms with Crippen LogP contribution < -0.4 is 0 Å². The molecule has 1 N–H and O–H groups in total. The Hall–Kier alpha value is -0.870. The van der Waals surface area contributed by atoms with Gasteiger partial charge in [0.15, 0.2) is 0 Å². The highest BCUT2D eigenvalue weighted by Crippen LogP contribution is 2.70. The number of carbonyl (C=O) groups excluding carboxylic acids is 1. The average Bonchev–Trinajstić information content (AvgIpc) is 2.94. The highest BCUT2D eigenvalue weighted by Gasteiger charge is 2.63. The summed E-state index contributed by atoms with van der Waals surface area (Å²) in [6, 6.07) is 0.177. The van der Waals surface area contributed by atoms with Crippen molar-refractivity contribution in [2.75, 3.05) is 14.2 Å². The first kappa shape index (κ1) is 16.6.